The maximum atomic E-state index is 9.45. The van der Waals surface area contributed by atoms with Crippen molar-refractivity contribution in [1.29, 1.82) is 5.26 Å². The summed E-state index contributed by atoms with van der Waals surface area (Å²) < 4.78 is 5.36. The molecule has 0 aromatic carbocycles. The number of hydrogen-bond donors (Lipinski definition) is 0. The molecule has 0 bridgehead atoms. The monoisotopic (exact) mass is 280 g/mol. The molecule has 106 valence electrons. The highest BCUT2D eigenvalue weighted by Gasteiger charge is 2.18. The van der Waals surface area contributed by atoms with Crippen molar-refractivity contribution in [2.75, 3.05) is 31.2 Å². The number of aryl methyl sites for hydroxylation is 1. The number of anilines is 1. The smallest absolute Gasteiger partial charge is 0.147 e. The van der Waals surface area contributed by atoms with Gasteiger partial charge in [-0.2, -0.15) is 5.26 Å². The van der Waals surface area contributed by atoms with Crippen molar-refractivity contribution in [3.8, 4) is 17.2 Å². The van der Waals surface area contributed by atoms with Crippen LogP contribution in [0.4, 0.5) is 5.82 Å². The molecule has 1 aliphatic heterocycles. The summed E-state index contributed by atoms with van der Waals surface area (Å²) in [7, 11) is 0. The van der Waals surface area contributed by atoms with Gasteiger partial charge in [-0.05, 0) is 30.7 Å². The molecule has 5 heteroatoms. The van der Waals surface area contributed by atoms with Crippen LogP contribution in [-0.4, -0.2) is 36.3 Å². The van der Waals surface area contributed by atoms with Crippen LogP contribution in [0.25, 0.3) is 11.1 Å². The Kier molecular flexibility index (Phi) is 3.80. The normalized spacial score (nSPS) is 14.8. The molecule has 0 radical (unpaired) electrons. The first-order valence-electron chi connectivity index (χ1n) is 6.94. The SMILES string of the molecule is Cc1nc(N2CCOCC2)c(C#N)cc1-c1ccncc1. The van der Waals surface area contributed by atoms with Crippen molar-refractivity contribution in [3.05, 3.63) is 41.9 Å². The van der Waals surface area contributed by atoms with Gasteiger partial charge in [0.2, 0.25) is 0 Å². The fourth-order valence-corrected chi connectivity index (χ4v) is 2.51. The molecule has 0 atom stereocenters. The van der Waals surface area contributed by atoms with E-state index in [2.05, 4.69) is 20.9 Å². The first-order chi connectivity index (χ1) is 10.3. The molecule has 0 unspecified atom stereocenters. The molecule has 0 aliphatic carbocycles. The highest BCUT2D eigenvalue weighted by atomic mass is 16.5. The predicted molar refractivity (Wildman–Crippen MR) is 80.0 cm³/mol. The van der Waals surface area contributed by atoms with E-state index in [1.807, 2.05) is 25.1 Å². The first-order valence-corrected chi connectivity index (χ1v) is 6.94. The Morgan fingerprint density at radius 2 is 1.95 bits per heavy atom. The Morgan fingerprint density at radius 3 is 2.62 bits per heavy atom. The van der Waals surface area contributed by atoms with Gasteiger partial charge in [-0.1, -0.05) is 0 Å². The van der Waals surface area contributed by atoms with Gasteiger partial charge in [0.05, 0.1) is 18.8 Å². The predicted octanol–water partition coefficient (Wildman–Crippen LogP) is 2.16. The second kappa shape index (κ2) is 5.90. The van der Waals surface area contributed by atoms with Gasteiger partial charge in [0.1, 0.15) is 11.9 Å². The maximum absolute atomic E-state index is 9.45. The summed E-state index contributed by atoms with van der Waals surface area (Å²) in [6.07, 6.45) is 3.49. The van der Waals surface area contributed by atoms with Crippen molar-refractivity contribution < 1.29 is 4.74 Å². The van der Waals surface area contributed by atoms with Crippen LogP contribution in [-0.2, 0) is 4.74 Å². The van der Waals surface area contributed by atoms with Crippen LogP contribution in [0.5, 0.6) is 0 Å². The lowest BCUT2D eigenvalue weighted by Gasteiger charge is -2.29. The average molecular weight is 280 g/mol. The molecule has 2 aromatic heterocycles. The van der Waals surface area contributed by atoms with E-state index in [0.29, 0.717) is 18.8 Å². The highest BCUT2D eigenvalue weighted by molar-refractivity contribution is 5.71. The van der Waals surface area contributed by atoms with Crippen LogP contribution in [0, 0.1) is 18.3 Å². The summed E-state index contributed by atoms with van der Waals surface area (Å²) in [6, 6.07) is 8.05. The quantitative estimate of drug-likeness (QED) is 0.843. The Balaban J connectivity index is 2.05. The molecule has 5 nitrogen and oxygen atoms in total. The number of nitrogens with zero attached hydrogens (tertiary/aromatic N) is 4. The third-order valence-electron chi connectivity index (χ3n) is 3.62. The van der Waals surface area contributed by atoms with E-state index in [1.165, 1.54) is 0 Å². The van der Waals surface area contributed by atoms with Crippen molar-refractivity contribution in [1.82, 2.24) is 9.97 Å². The number of pyridine rings is 2. The molecular formula is C16H16N4O. The zero-order valence-electron chi connectivity index (χ0n) is 11.9. The second-order valence-electron chi connectivity index (χ2n) is 4.94. The van der Waals surface area contributed by atoms with E-state index in [-0.39, 0.29) is 0 Å². The summed E-state index contributed by atoms with van der Waals surface area (Å²) in [4.78, 5) is 10.8. The van der Waals surface area contributed by atoms with Crippen LogP contribution < -0.4 is 4.90 Å². The molecule has 3 heterocycles. The third-order valence-corrected chi connectivity index (χ3v) is 3.62. The van der Waals surface area contributed by atoms with E-state index in [0.717, 1.165) is 35.7 Å². The van der Waals surface area contributed by atoms with Crippen molar-refractivity contribution in [2.45, 2.75) is 6.92 Å². The number of aromatic nitrogens is 2. The Bertz CT molecular complexity index is 673. The largest absolute Gasteiger partial charge is 0.378 e. The lowest BCUT2D eigenvalue weighted by Crippen LogP contribution is -2.37. The average Bonchev–Trinajstić information content (AvgIpc) is 2.56. The molecule has 1 fully saturated rings. The van der Waals surface area contributed by atoms with E-state index in [1.54, 1.807) is 12.4 Å². The van der Waals surface area contributed by atoms with Crippen LogP contribution in [0.15, 0.2) is 30.6 Å². The first kappa shape index (κ1) is 13.5. The molecule has 0 N–H and O–H groups in total. The van der Waals surface area contributed by atoms with Gasteiger partial charge in [0.15, 0.2) is 0 Å². The van der Waals surface area contributed by atoms with Crippen LogP contribution >= 0.6 is 0 Å². The summed E-state index contributed by atoms with van der Waals surface area (Å²) >= 11 is 0. The molecule has 0 amide bonds. The molecule has 21 heavy (non-hydrogen) atoms. The van der Waals surface area contributed by atoms with Gasteiger partial charge >= 0.3 is 0 Å². The maximum Gasteiger partial charge on any atom is 0.147 e. The Labute approximate surface area is 123 Å². The van der Waals surface area contributed by atoms with Crippen molar-refractivity contribution in [2.24, 2.45) is 0 Å². The molecule has 3 rings (SSSR count). The molecular weight excluding hydrogens is 264 g/mol. The summed E-state index contributed by atoms with van der Waals surface area (Å²) in [5.74, 6) is 0.760. The fraction of sp³-hybridized carbons (Fsp3) is 0.312. The summed E-state index contributed by atoms with van der Waals surface area (Å²) in [5.41, 5.74) is 3.53. The van der Waals surface area contributed by atoms with E-state index in [9.17, 15) is 5.26 Å². The molecule has 1 aliphatic rings. The molecule has 0 saturated carbocycles. The standard InChI is InChI=1S/C16H16N4O/c1-12-15(13-2-4-18-5-3-13)10-14(11-17)16(19-12)20-6-8-21-9-7-20/h2-5,10H,6-9H2,1H3. The van der Waals surface area contributed by atoms with Crippen molar-refractivity contribution in [3.63, 3.8) is 0 Å². The van der Waals surface area contributed by atoms with Gasteiger partial charge in [-0.25, -0.2) is 4.98 Å². The van der Waals surface area contributed by atoms with Crippen molar-refractivity contribution >= 4 is 5.82 Å². The molecule has 1 saturated heterocycles. The Hall–Kier alpha value is -2.45. The van der Waals surface area contributed by atoms with E-state index in [4.69, 9.17) is 4.74 Å². The molecule has 2 aromatic rings. The van der Waals surface area contributed by atoms with Gasteiger partial charge < -0.3 is 9.64 Å². The minimum Gasteiger partial charge on any atom is -0.378 e. The van der Waals surface area contributed by atoms with E-state index >= 15 is 0 Å². The Morgan fingerprint density at radius 1 is 1.24 bits per heavy atom. The van der Waals surface area contributed by atoms with Crippen LogP contribution in [0.3, 0.4) is 0 Å². The molecule has 0 spiro atoms. The number of ether oxygens (including phenoxy) is 1. The number of rotatable bonds is 2. The van der Waals surface area contributed by atoms with Gasteiger partial charge in [-0.3, -0.25) is 4.98 Å². The summed E-state index contributed by atoms with van der Waals surface area (Å²) in [6.45, 7) is 4.88. The zero-order valence-corrected chi connectivity index (χ0v) is 11.9. The lowest BCUT2D eigenvalue weighted by molar-refractivity contribution is 0.122. The van der Waals surface area contributed by atoms with Gasteiger partial charge in [-0.15, -0.1) is 0 Å². The number of nitriles is 1. The number of morpholine rings is 1. The van der Waals surface area contributed by atoms with Crippen LogP contribution in [0.2, 0.25) is 0 Å². The zero-order chi connectivity index (χ0) is 14.7. The second-order valence-corrected chi connectivity index (χ2v) is 4.94. The minimum atomic E-state index is 0.606. The van der Waals surface area contributed by atoms with Crippen LogP contribution in [0.1, 0.15) is 11.3 Å². The third kappa shape index (κ3) is 2.71. The fourth-order valence-electron chi connectivity index (χ4n) is 2.51. The summed E-state index contributed by atoms with van der Waals surface area (Å²) in [5, 5.41) is 9.45. The topological polar surface area (TPSA) is 62.0 Å². The highest BCUT2D eigenvalue weighted by Crippen LogP contribution is 2.28. The minimum absolute atomic E-state index is 0.606. The van der Waals surface area contributed by atoms with Gasteiger partial charge in [0.25, 0.3) is 0 Å². The number of hydrogen-bond acceptors (Lipinski definition) is 5. The van der Waals surface area contributed by atoms with Gasteiger partial charge in [0, 0.05) is 36.7 Å². The lowest BCUT2D eigenvalue weighted by atomic mass is 10.0. The van der Waals surface area contributed by atoms with E-state index < -0.39 is 0 Å².